The first-order chi connectivity index (χ1) is 12.8. The molecule has 0 spiro atoms. The minimum Gasteiger partial charge on any atom is -0.384 e. The molecular formula is C16H21F3N6O2. The fraction of sp³-hybridized carbons (Fsp3) is 0.625. The second-order valence-electron chi connectivity index (χ2n) is 6.47. The van der Waals surface area contributed by atoms with E-state index in [4.69, 9.17) is 4.74 Å². The van der Waals surface area contributed by atoms with Gasteiger partial charge in [0.15, 0.2) is 0 Å². The molecule has 0 bridgehead atoms. The zero-order valence-corrected chi connectivity index (χ0v) is 15.1. The van der Waals surface area contributed by atoms with Crippen LogP contribution in [0.15, 0.2) is 6.07 Å². The predicted molar refractivity (Wildman–Crippen MR) is 90.2 cm³/mol. The van der Waals surface area contributed by atoms with Crippen LogP contribution in [-0.4, -0.2) is 63.2 Å². The van der Waals surface area contributed by atoms with Crippen LogP contribution in [-0.2, 0) is 15.7 Å². The highest BCUT2D eigenvalue weighted by Crippen LogP contribution is 2.27. The third kappa shape index (κ3) is 4.46. The van der Waals surface area contributed by atoms with E-state index in [0.717, 1.165) is 4.52 Å². The summed E-state index contributed by atoms with van der Waals surface area (Å²) in [5.74, 6) is -0.868. The smallest absolute Gasteiger partial charge is 0.384 e. The van der Waals surface area contributed by atoms with Gasteiger partial charge in [-0.05, 0) is 19.8 Å². The number of aryl methyl sites for hydroxylation is 1. The quantitative estimate of drug-likeness (QED) is 0.845. The van der Waals surface area contributed by atoms with Gasteiger partial charge in [-0.2, -0.15) is 22.7 Å². The molecule has 1 aliphatic heterocycles. The van der Waals surface area contributed by atoms with Crippen molar-refractivity contribution in [1.29, 1.82) is 0 Å². The lowest BCUT2D eigenvalue weighted by Crippen LogP contribution is -2.42. The molecule has 0 aliphatic carbocycles. The SMILES string of the molecule is COCCC(=O)N1CCC(Nc2cc(C)nc3nc(C(F)(F)F)nn23)CC1. The number of piperidine rings is 1. The van der Waals surface area contributed by atoms with Gasteiger partial charge in [0.2, 0.25) is 5.91 Å². The molecule has 27 heavy (non-hydrogen) atoms. The minimum absolute atomic E-state index is 0.0139. The first-order valence-corrected chi connectivity index (χ1v) is 8.63. The molecule has 1 N–H and O–H groups in total. The summed E-state index contributed by atoms with van der Waals surface area (Å²) in [7, 11) is 1.55. The van der Waals surface area contributed by atoms with Gasteiger partial charge in [-0.15, -0.1) is 5.10 Å². The van der Waals surface area contributed by atoms with Gasteiger partial charge >= 0.3 is 6.18 Å². The molecule has 3 rings (SSSR count). The Bertz CT molecular complexity index is 814. The van der Waals surface area contributed by atoms with E-state index in [2.05, 4.69) is 20.4 Å². The van der Waals surface area contributed by atoms with E-state index < -0.39 is 12.0 Å². The van der Waals surface area contributed by atoms with Crippen molar-refractivity contribution in [2.24, 2.45) is 0 Å². The number of ether oxygens (including phenoxy) is 1. The summed E-state index contributed by atoms with van der Waals surface area (Å²) in [6.07, 6.45) is -2.92. The number of alkyl halides is 3. The Morgan fingerprint density at radius 2 is 2.04 bits per heavy atom. The highest BCUT2D eigenvalue weighted by molar-refractivity contribution is 5.76. The number of hydrogen-bond acceptors (Lipinski definition) is 6. The predicted octanol–water partition coefficient (Wildman–Crippen LogP) is 1.89. The molecule has 11 heteroatoms. The number of hydrogen-bond donors (Lipinski definition) is 1. The lowest BCUT2D eigenvalue weighted by Gasteiger charge is -2.33. The average Bonchev–Trinajstić information content (AvgIpc) is 3.05. The molecule has 2 aromatic rings. The molecule has 2 aromatic heterocycles. The Balaban J connectivity index is 1.70. The van der Waals surface area contributed by atoms with Crippen LogP contribution < -0.4 is 5.32 Å². The van der Waals surface area contributed by atoms with Gasteiger partial charge in [0, 0.05) is 38.0 Å². The first kappa shape index (κ1) is 19.3. The van der Waals surface area contributed by atoms with Crippen LogP contribution >= 0.6 is 0 Å². The van der Waals surface area contributed by atoms with Crippen molar-refractivity contribution in [3.63, 3.8) is 0 Å². The van der Waals surface area contributed by atoms with Crippen molar-refractivity contribution < 1.29 is 22.7 Å². The van der Waals surface area contributed by atoms with Crippen LogP contribution in [0.3, 0.4) is 0 Å². The first-order valence-electron chi connectivity index (χ1n) is 8.63. The largest absolute Gasteiger partial charge is 0.453 e. The van der Waals surface area contributed by atoms with E-state index in [1.165, 1.54) is 0 Å². The number of fused-ring (bicyclic) bond motifs is 1. The Labute approximate surface area is 153 Å². The standard InChI is InChI=1S/C16H21F3N6O2/c1-10-9-12(25-15(20-10)22-14(23-25)16(17,18)19)21-11-3-6-24(7-4-11)13(26)5-8-27-2/h9,11,21H,3-8H2,1-2H3. The van der Waals surface area contributed by atoms with Gasteiger partial charge in [-0.25, -0.2) is 4.98 Å². The van der Waals surface area contributed by atoms with Gasteiger partial charge in [-0.1, -0.05) is 0 Å². The van der Waals surface area contributed by atoms with Crippen molar-refractivity contribution in [1.82, 2.24) is 24.5 Å². The highest BCUT2D eigenvalue weighted by Gasteiger charge is 2.37. The van der Waals surface area contributed by atoms with Crippen molar-refractivity contribution in [3.8, 4) is 0 Å². The topological polar surface area (TPSA) is 84.6 Å². The van der Waals surface area contributed by atoms with Crippen LogP contribution in [0.1, 0.15) is 30.8 Å². The van der Waals surface area contributed by atoms with Gasteiger partial charge in [0.1, 0.15) is 5.82 Å². The molecule has 8 nitrogen and oxygen atoms in total. The third-order valence-electron chi connectivity index (χ3n) is 4.41. The number of nitrogens with zero attached hydrogens (tertiary/aromatic N) is 5. The summed E-state index contributed by atoms with van der Waals surface area (Å²) >= 11 is 0. The van der Waals surface area contributed by atoms with Crippen molar-refractivity contribution in [2.75, 3.05) is 32.1 Å². The summed E-state index contributed by atoms with van der Waals surface area (Å²) in [5.41, 5.74) is 0.540. The number of carbonyl (C=O) groups excluding carboxylic acids is 1. The lowest BCUT2D eigenvalue weighted by molar-refractivity contribution is -0.144. The van der Waals surface area contributed by atoms with Crippen LogP contribution in [0.2, 0.25) is 0 Å². The second-order valence-corrected chi connectivity index (χ2v) is 6.47. The van der Waals surface area contributed by atoms with Gasteiger partial charge < -0.3 is 15.0 Å². The van der Waals surface area contributed by atoms with Crippen LogP contribution in [0.5, 0.6) is 0 Å². The van der Waals surface area contributed by atoms with Gasteiger partial charge in [0.05, 0.1) is 13.0 Å². The van der Waals surface area contributed by atoms with Crippen molar-refractivity contribution in [2.45, 2.75) is 38.4 Å². The number of aromatic nitrogens is 4. The number of rotatable bonds is 5. The Morgan fingerprint density at radius 3 is 2.67 bits per heavy atom. The normalized spacial score (nSPS) is 16.1. The number of likely N-dealkylation sites (tertiary alicyclic amines) is 1. The van der Waals surface area contributed by atoms with E-state index in [-0.39, 0.29) is 17.7 Å². The number of halogens is 3. The maximum atomic E-state index is 12.9. The van der Waals surface area contributed by atoms with Gasteiger partial charge in [0.25, 0.3) is 11.6 Å². The Kier molecular flexibility index (Phi) is 5.49. The van der Waals surface area contributed by atoms with Crippen molar-refractivity contribution in [3.05, 3.63) is 17.6 Å². The Hall–Kier alpha value is -2.43. The molecule has 0 unspecified atom stereocenters. The van der Waals surface area contributed by atoms with Gasteiger partial charge in [-0.3, -0.25) is 4.79 Å². The zero-order chi connectivity index (χ0) is 19.6. The summed E-state index contributed by atoms with van der Waals surface area (Å²) in [4.78, 5) is 21.3. The highest BCUT2D eigenvalue weighted by atomic mass is 19.4. The van der Waals surface area contributed by atoms with E-state index in [1.807, 2.05) is 0 Å². The van der Waals surface area contributed by atoms with Crippen LogP contribution in [0.4, 0.5) is 19.0 Å². The molecule has 148 valence electrons. The summed E-state index contributed by atoms with van der Waals surface area (Å²) in [5, 5.41) is 6.77. The third-order valence-corrected chi connectivity index (χ3v) is 4.41. The number of carbonyl (C=O) groups is 1. The molecule has 1 aliphatic rings. The summed E-state index contributed by atoms with van der Waals surface area (Å²) < 4.78 is 44.7. The molecular weight excluding hydrogens is 365 g/mol. The monoisotopic (exact) mass is 386 g/mol. The number of nitrogens with one attached hydrogen (secondary N) is 1. The van der Waals surface area contributed by atoms with E-state index in [1.54, 1.807) is 25.0 Å². The molecule has 1 fully saturated rings. The van der Waals surface area contributed by atoms with Crippen LogP contribution in [0.25, 0.3) is 5.78 Å². The fourth-order valence-corrected chi connectivity index (χ4v) is 3.04. The summed E-state index contributed by atoms with van der Waals surface area (Å²) in [6, 6.07) is 1.65. The number of amides is 1. The molecule has 0 radical (unpaired) electrons. The zero-order valence-electron chi connectivity index (χ0n) is 15.1. The van der Waals surface area contributed by atoms with E-state index in [9.17, 15) is 18.0 Å². The maximum absolute atomic E-state index is 12.9. The average molecular weight is 386 g/mol. The number of anilines is 1. The van der Waals surface area contributed by atoms with E-state index >= 15 is 0 Å². The molecule has 1 amide bonds. The van der Waals surface area contributed by atoms with Crippen LogP contribution in [0, 0.1) is 6.92 Å². The van der Waals surface area contributed by atoms with E-state index in [0.29, 0.717) is 50.5 Å². The molecule has 0 atom stereocenters. The van der Waals surface area contributed by atoms with Crippen molar-refractivity contribution >= 4 is 17.5 Å². The molecule has 3 heterocycles. The second kappa shape index (κ2) is 7.67. The molecule has 0 saturated carbocycles. The maximum Gasteiger partial charge on any atom is 0.453 e. The summed E-state index contributed by atoms with van der Waals surface area (Å²) in [6.45, 7) is 3.24. The lowest BCUT2D eigenvalue weighted by atomic mass is 10.0. The number of methoxy groups -OCH3 is 1. The molecule has 1 saturated heterocycles. The Morgan fingerprint density at radius 1 is 1.33 bits per heavy atom. The minimum atomic E-state index is -4.63. The fourth-order valence-electron chi connectivity index (χ4n) is 3.04. The molecule has 0 aromatic carbocycles.